The molecule has 1 aliphatic carbocycles. The van der Waals surface area contributed by atoms with E-state index in [0.717, 1.165) is 19.4 Å². The van der Waals surface area contributed by atoms with Crippen LogP contribution in [0.3, 0.4) is 0 Å². The lowest BCUT2D eigenvalue weighted by atomic mass is 9.87. The molecule has 0 saturated heterocycles. The lowest BCUT2D eigenvalue weighted by Crippen LogP contribution is -2.34. The molecule has 2 aliphatic rings. The number of nitrogen functional groups attached to an aromatic ring is 1. The van der Waals surface area contributed by atoms with E-state index < -0.39 is 0 Å². The quantitative estimate of drug-likeness (QED) is 0.755. The summed E-state index contributed by atoms with van der Waals surface area (Å²) in [6, 6.07) is 13.5. The average Bonchev–Trinajstić information content (AvgIpc) is 2.81. The van der Waals surface area contributed by atoms with E-state index in [0.29, 0.717) is 22.7 Å². The first kappa shape index (κ1) is 13.2. The molecule has 2 aromatic rings. The number of hydrogen-bond acceptors (Lipinski definition) is 2. The van der Waals surface area contributed by atoms with Crippen molar-refractivity contribution in [3.05, 3.63) is 63.7 Å². The number of halogens is 1. The Hall–Kier alpha value is -1.51. The lowest BCUT2D eigenvalue weighted by molar-refractivity contribution is 0.244. The molecule has 1 aliphatic heterocycles. The molecule has 2 atom stereocenters. The van der Waals surface area contributed by atoms with Gasteiger partial charge in [-0.2, -0.15) is 0 Å². The molecule has 0 amide bonds. The molecule has 2 nitrogen and oxygen atoms in total. The third-order valence-corrected chi connectivity index (χ3v) is 5.42. The standard InChI is InChI=1S/C18H19ClN2/c1-21-7-6-12-8-15(19)16(20)10-14(12)18-13-5-3-2-4-11(13)9-17(18)21/h2-5,8,10,17-18H,6-7,9,20H2,1H3. The predicted octanol–water partition coefficient (Wildman–Crippen LogP) is 3.47. The third kappa shape index (κ3) is 1.97. The summed E-state index contributed by atoms with van der Waals surface area (Å²) >= 11 is 6.24. The lowest BCUT2D eigenvalue weighted by Gasteiger charge is -2.27. The maximum Gasteiger partial charge on any atom is 0.0638 e. The van der Waals surface area contributed by atoms with E-state index in [-0.39, 0.29) is 0 Å². The van der Waals surface area contributed by atoms with E-state index in [1.807, 2.05) is 0 Å². The Morgan fingerprint density at radius 2 is 1.95 bits per heavy atom. The van der Waals surface area contributed by atoms with Crippen LogP contribution in [-0.2, 0) is 12.8 Å². The Balaban J connectivity index is 1.94. The van der Waals surface area contributed by atoms with Gasteiger partial charge in [-0.05, 0) is 54.3 Å². The number of anilines is 1. The van der Waals surface area contributed by atoms with Gasteiger partial charge in [0.15, 0.2) is 0 Å². The molecule has 3 heteroatoms. The number of likely N-dealkylation sites (N-methyl/N-ethyl adjacent to an activating group) is 1. The van der Waals surface area contributed by atoms with Crippen LogP contribution in [0.5, 0.6) is 0 Å². The summed E-state index contributed by atoms with van der Waals surface area (Å²) in [5, 5.41) is 0.682. The van der Waals surface area contributed by atoms with Crippen LogP contribution in [0.4, 0.5) is 5.69 Å². The van der Waals surface area contributed by atoms with Crippen LogP contribution in [-0.4, -0.2) is 24.5 Å². The van der Waals surface area contributed by atoms with Gasteiger partial charge < -0.3 is 10.6 Å². The van der Waals surface area contributed by atoms with Gasteiger partial charge in [-0.15, -0.1) is 0 Å². The van der Waals surface area contributed by atoms with Crippen LogP contribution in [0.1, 0.15) is 28.2 Å². The van der Waals surface area contributed by atoms with Crippen molar-refractivity contribution in [2.45, 2.75) is 24.8 Å². The van der Waals surface area contributed by atoms with Gasteiger partial charge >= 0.3 is 0 Å². The van der Waals surface area contributed by atoms with Gasteiger partial charge in [-0.25, -0.2) is 0 Å². The molecule has 0 saturated carbocycles. The molecule has 0 aromatic heterocycles. The van der Waals surface area contributed by atoms with Gasteiger partial charge in [0, 0.05) is 18.5 Å². The van der Waals surface area contributed by atoms with Crippen LogP contribution in [0.2, 0.25) is 5.02 Å². The van der Waals surface area contributed by atoms with Crippen molar-refractivity contribution in [2.75, 3.05) is 19.3 Å². The van der Waals surface area contributed by atoms with E-state index in [9.17, 15) is 0 Å². The molecule has 1 heterocycles. The Morgan fingerprint density at radius 1 is 1.14 bits per heavy atom. The van der Waals surface area contributed by atoms with Crippen molar-refractivity contribution < 1.29 is 0 Å². The molecule has 0 fully saturated rings. The summed E-state index contributed by atoms with van der Waals surface area (Å²) in [5.74, 6) is 0.420. The second kappa shape index (κ2) is 4.75. The van der Waals surface area contributed by atoms with Crippen LogP contribution in [0, 0.1) is 0 Å². The highest BCUT2D eigenvalue weighted by molar-refractivity contribution is 6.33. The van der Waals surface area contributed by atoms with E-state index in [2.05, 4.69) is 48.3 Å². The first-order valence-corrected chi connectivity index (χ1v) is 7.89. The normalized spacial score (nSPS) is 24.1. The van der Waals surface area contributed by atoms with Gasteiger partial charge in [0.2, 0.25) is 0 Å². The number of hydrogen-bond donors (Lipinski definition) is 1. The molecule has 0 spiro atoms. The van der Waals surface area contributed by atoms with Crippen molar-refractivity contribution in [1.82, 2.24) is 4.90 Å². The molecular formula is C18H19ClN2. The van der Waals surface area contributed by atoms with Gasteiger partial charge in [0.1, 0.15) is 0 Å². The topological polar surface area (TPSA) is 29.3 Å². The zero-order chi connectivity index (χ0) is 14.6. The molecule has 0 bridgehead atoms. The molecule has 2 aromatic carbocycles. The zero-order valence-corrected chi connectivity index (χ0v) is 12.9. The Morgan fingerprint density at radius 3 is 2.81 bits per heavy atom. The minimum atomic E-state index is 0.420. The average molecular weight is 299 g/mol. The molecule has 4 rings (SSSR count). The minimum absolute atomic E-state index is 0.420. The summed E-state index contributed by atoms with van der Waals surface area (Å²) < 4.78 is 0. The summed E-state index contributed by atoms with van der Waals surface area (Å²) in [6.07, 6.45) is 2.17. The van der Waals surface area contributed by atoms with Gasteiger partial charge in [0.05, 0.1) is 10.7 Å². The highest BCUT2D eigenvalue weighted by atomic mass is 35.5. The molecule has 2 unspecified atom stereocenters. The number of rotatable bonds is 0. The Kier molecular flexibility index (Phi) is 2.98. The second-order valence-electron chi connectivity index (χ2n) is 6.25. The summed E-state index contributed by atoms with van der Waals surface area (Å²) in [4.78, 5) is 2.49. The second-order valence-corrected chi connectivity index (χ2v) is 6.66. The Labute approximate surface area is 130 Å². The van der Waals surface area contributed by atoms with Gasteiger partial charge in [0.25, 0.3) is 0 Å². The highest BCUT2D eigenvalue weighted by Crippen LogP contribution is 2.44. The molecule has 2 N–H and O–H groups in total. The SMILES string of the molecule is CN1CCc2cc(Cl)c(N)cc2C2c3ccccc3CC21. The van der Waals surface area contributed by atoms with Crippen molar-refractivity contribution in [3.8, 4) is 0 Å². The largest absolute Gasteiger partial charge is 0.398 e. The highest BCUT2D eigenvalue weighted by Gasteiger charge is 2.38. The number of benzene rings is 2. The van der Waals surface area contributed by atoms with E-state index in [4.69, 9.17) is 17.3 Å². The number of fused-ring (bicyclic) bond motifs is 5. The summed E-state index contributed by atoms with van der Waals surface area (Å²) in [7, 11) is 2.24. The van der Waals surface area contributed by atoms with Crippen LogP contribution in [0.15, 0.2) is 36.4 Å². The third-order valence-electron chi connectivity index (χ3n) is 5.10. The monoisotopic (exact) mass is 298 g/mol. The van der Waals surface area contributed by atoms with E-state index in [1.165, 1.54) is 22.3 Å². The van der Waals surface area contributed by atoms with Crippen molar-refractivity contribution >= 4 is 17.3 Å². The maximum atomic E-state index is 6.24. The van der Waals surface area contributed by atoms with Crippen LogP contribution in [0.25, 0.3) is 0 Å². The van der Waals surface area contributed by atoms with E-state index in [1.54, 1.807) is 0 Å². The minimum Gasteiger partial charge on any atom is -0.398 e. The van der Waals surface area contributed by atoms with Gasteiger partial charge in [-0.3, -0.25) is 0 Å². The van der Waals surface area contributed by atoms with Crippen LogP contribution >= 0.6 is 11.6 Å². The van der Waals surface area contributed by atoms with Crippen LogP contribution < -0.4 is 5.73 Å². The Bertz CT molecular complexity index is 710. The molecular weight excluding hydrogens is 280 g/mol. The van der Waals surface area contributed by atoms with E-state index >= 15 is 0 Å². The number of nitrogens with zero attached hydrogens (tertiary/aromatic N) is 1. The van der Waals surface area contributed by atoms with Crippen molar-refractivity contribution in [2.24, 2.45) is 0 Å². The first-order valence-electron chi connectivity index (χ1n) is 7.51. The van der Waals surface area contributed by atoms with Crippen molar-refractivity contribution in [3.63, 3.8) is 0 Å². The maximum absolute atomic E-state index is 6.24. The predicted molar refractivity (Wildman–Crippen MR) is 88.0 cm³/mol. The fraction of sp³-hybridized carbons (Fsp3) is 0.333. The first-order chi connectivity index (χ1) is 10.1. The molecule has 0 radical (unpaired) electrons. The number of nitrogens with two attached hydrogens (primary N) is 1. The smallest absolute Gasteiger partial charge is 0.0638 e. The molecule has 108 valence electrons. The molecule has 21 heavy (non-hydrogen) atoms. The summed E-state index contributed by atoms with van der Waals surface area (Å²) in [5.41, 5.74) is 12.4. The van der Waals surface area contributed by atoms with Crippen molar-refractivity contribution in [1.29, 1.82) is 0 Å². The van der Waals surface area contributed by atoms with Gasteiger partial charge in [-0.1, -0.05) is 35.9 Å². The summed E-state index contributed by atoms with van der Waals surface area (Å²) in [6.45, 7) is 1.07. The fourth-order valence-electron chi connectivity index (χ4n) is 3.98. The zero-order valence-electron chi connectivity index (χ0n) is 12.1. The fourth-order valence-corrected chi connectivity index (χ4v) is 4.16.